The van der Waals surface area contributed by atoms with Gasteiger partial charge in [-0.25, -0.2) is 0 Å². The van der Waals surface area contributed by atoms with E-state index in [9.17, 15) is 14.4 Å². The van der Waals surface area contributed by atoms with Crippen LogP contribution in [-0.2, 0) is 23.2 Å². The Kier molecular flexibility index (Phi) is 4.46. The molecular weight excluding hydrogens is 392 g/mol. The van der Waals surface area contributed by atoms with E-state index >= 15 is 0 Å². The summed E-state index contributed by atoms with van der Waals surface area (Å²) in [5.41, 5.74) is 6.51. The fraction of sp³-hybridized carbons (Fsp3) is 0.250. The molecule has 0 saturated carbocycles. The largest absolute Gasteiger partial charge is 0.322 e. The van der Waals surface area contributed by atoms with E-state index < -0.39 is 11.9 Å². The summed E-state index contributed by atoms with van der Waals surface area (Å²) in [5.74, 6) is -0.850. The molecule has 1 saturated heterocycles. The van der Waals surface area contributed by atoms with Crippen molar-refractivity contribution in [1.82, 2.24) is 20.0 Å². The number of nitrogens with one attached hydrogen (secondary N) is 1. The van der Waals surface area contributed by atoms with Crippen LogP contribution in [0.15, 0.2) is 48.5 Å². The number of nitrogens with zero attached hydrogens (tertiary/aromatic N) is 3. The highest BCUT2D eigenvalue weighted by Crippen LogP contribution is 2.34. The Hall–Kier alpha value is -3.74. The Balaban J connectivity index is 1.48. The third-order valence-electron chi connectivity index (χ3n) is 6.13. The molecule has 2 aliphatic heterocycles. The zero-order valence-electron chi connectivity index (χ0n) is 17.4. The summed E-state index contributed by atoms with van der Waals surface area (Å²) >= 11 is 0. The Morgan fingerprint density at radius 1 is 1.03 bits per heavy atom. The topological polar surface area (TPSA) is 84.3 Å². The fourth-order valence-corrected chi connectivity index (χ4v) is 4.63. The van der Waals surface area contributed by atoms with E-state index in [1.54, 1.807) is 4.90 Å². The van der Waals surface area contributed by atoms with Crippen molar-refractivity contribution < 1.29 is 14.4 Å². The highest BCUT2D eigenvalue weighted by atomic mass is 16.2. The van der Waals surface area contributed by atoms with E-state index in [1.807, 2.05) is 48.1 Å². The predicted molar refractivity (Wildman–Crippen MR) is 115 cm³/mol. The molecule has 3 amide bonds. The van der Waals surface area contributed by atoms with Crippen LogP contribution in [0, 0.1) is 6.92 Å². The standard InChI is InChI=1S/C24H22N4O3/c1-14-21(26-27(2)22(14)15-6-4-3-5-7-15)16-8-9-18-17(12-16)13-28(24(18)31)19-10-11-20(29)25-23(19)30/h3-9,12,19H,10-11,13H2,1-2H3,(H,25,29,30). The zero-order chi connectivity index (χ0) is 21.7. The first-order valence-electron chi connectivity index (χ1n) is 10.3. The van der Waals surface area contributed by atoms with Gasteiger partial charge < -0.3 is 4.90 Å². The molecule has 7 nitrogen and oxygen atoms in total. The normalized spacial score (nSPS) is 18.3. The van der Waals surface area contributed by atoms with Gasteiger partial charge in [-0.15, -0.1) is 0 Å². The number of carbonyl (C=O) groups is 3. The van der Waals surface area contributed by atoms with Gasteiger partial charge in [0.15, 0.2) is 0 Å². The first-order chi connectivity index (χ1) is 14.9. The molecule has 3 aromatic rings. The predicted octanol–water partition coefficient (Wildman–Crippen LogP) is 2.82. The number of rotatable bonds is 3. The van der Waals surface area contributed by atoms with E-state index in [4.69, 9.17) is 5.10 Å². The minimum absolute atomic E-state index is 0.168. The maximum atomic E-state index is 12.9. The van der Waals surface area contributed by atoms with Gasteiger partial charge in [0.2, 0.25) is 11.8 Å². The monoisotopic (exact) mass is 414 g/mol. The SMILES string of the molecule is Cc1c(-c2ccc3c(c2)CN(C2CCC(=O)NC2=O)C3=O)nn(C)c1-c1ccccc1. The van der Waals surface area contributed by atoms with Crippen LogP contribution < -0.4 is 5.32 Å². The highest BCUT2D eigenvalue weighted by Gasteiger charge is 2.39. The van der Waals surface area contributed by atoms with Crippen LogP contribution in [0.1, 0.15) is 34.3 Å². The molecule has 0 spiro atoms. The summed E-state index contributed by atoms with van der Waals surface area (Å²) in [6.07, 6.45) is 0.605. The van der Waals surface area contributed by atoms with Gasteiger partial charge in [0.25, 0.3) is 5.91 Å². The van der Waals surface area contributed by atoms with Crippen molar-refractivity contribution in [2.45, 2.75) is 32.4 Å². The number of aryl methyl sites for hydroxylation is 1. The highest BCUT2D eigenvalue weighted by molar-refractivity contribution is 6.05. The van der Waals surface area contributed by atoms with Crippen molar-refractivity contribution in [3.63, 3.8) is 0 Å². The molecule has 3 heterocycles. The molecule has 1 unspecified atom stereocenters. The third-order valence-corrected chi connectivity index (χ3v) is 6.13. The number of hydrogen-bond acceptors (Lipinski definition) is 4. The van der Waals surface area contributed by atoms with E-state index in [0.29, 0.717) is 18.5 Å². The summed E-state index contributed by atoms with van der Waals surface area (Å²) in [4.78, 5) is 38.2. The first-order valence-corrected chi connectivity index (χ1v) is 10.3. The van der Waals surface area contributed by atoms with Crippen LogP contribution in [0.4, 0.5) is 0 Å². The molecule has 0 bridgehead atoms. The lowest BCUT2D eigenvalue weighted by Gasteiger charge is -2.29. The lowest BCUT2D eigenvalue weighted by Crippen LogP contribution is -2.52. The summed E-state index contributed by atoms with van der Waals surface area (Å²) in [6, 6.07) is 15.2. The first kappa shape index (κ1) is 19.2. The molecule has 0 radical (unpaired) electrons. The summed E-state index contributed by atoms with van der Waals surface area (Å²) in [5, 5.41) is 7.09. The lowest BCUT2D eigenvalue weighted by molar-refractivity contribution is -0.136. The van der Waals surface area contributed by atoms with Gasteiger partial charge in [-0.2, -0.15) is 5.10 Å². The lowest BCUT2D eigenvalue weighted by atomic mass is 10.00. The van der Waals surface area contributed by atoms with Crippen molar-refractivity contribution in [2.24, 2.45) is 7.05 Å². The molecule has 1 fully saturated rings. The zero-order valence-corrected chi connectivity index (χ0v) is 17.4. The van der Waals surface area contributed by atoms with E-state index in [1.165, 1.54) is 0 Å². The molecule has 2 aromatic carbocycles. The van der Waals surface area contributed by atoms with Gasteiger partial charge in [0.1, 0.15) is 6.04 Å². The third kappa shape index (κ3) is 3.13. The number of fused-ring (bicyclic) bond motifs is 1. The van der Waals surface area contributed by atoms with Crippen LogP contribution in [0.5, 0.6) is 0 Å². The van der Waals surface area contributed by atoms with Crippen LogP contribution in [-0.4, -0.2) is 38.4 Å². The molecule has 0 aliphatic carbocycles. The Morgan fingerprint density at radius 2 is 1.81 bits per heavy atom. The van der Waals surface area contributed by atoms with E-state index in [0.717, 1.165) is 33.6 Å². The molecule has 1 atom stereocenters. The summed E-state index contributed by atoms with van der Waals surface area (Å²) < 4.78 is 1.88. The summed E-state index contributed by atoms with van der Waals surface area (Å²) in [6.45, 7) is 2.41. The second-order valence-corrected chi connectivity index (χ2v) is 8.08. The van der Waals surface area contributed by atoms with E-state index in [-0.39, 0.29) is 18.2 Å². The fourth-order valence-electron chi connectivity index (χ4n) is 4.63. The number of aromatic nitrogens is 2. The maximum Gasteiger partial charge on any atom is 0.255 e. The van der Waals surface area contributed by atoms with Crippen molar-refractivity contribution in [1.29, 1.82) is 0 Å². The summed E-state index contributed by atoms with van der Waals surface area (Å²) in [7, 11) is 1.93. The molecule has 2 aliphatic rings. The molecule has 1 N–H and O–H groups in total. The number of piperidine rings is 1. The molecule has 31 heavy (non-hydrogen) atoms. The van der Waals surface area contributed by atoms with Crippen LogP contribution >= 0.6 is 0 Å². The van der Waals surface area contributed by atoms with Crippen molar-refractivity contribution in [3.05, 3.63) is 65.2 Å². The number of benzene rings is 2. The molecule has 5 rings (SSSR count). The van der Waals surface area contributed by atoms with Gasteiger partial charge >= 0.3 is 0 Å². The number of carbonyl (C=O) groups excluding carboxylic acids is 3. The minimum Gasteiger partial charge on any atom is -0.322 e. The van der Waals surface area contributed by atoms with Crippen LogP contribution in [0.25, 0.3) is 22.5 Å². The Labute approximate surface area is 179 Å². The molecule has 156 valence electrons. The minimum atomic E-state index is -0.609. The van der Waals surface area contributed by atoms with Crippen molar-refractivity contribution >= 4 is 17.7 Å². The van der Waals surface area contributed by atoms with Gasteiger partial charge in [-0.1, -0.05) is 36.4 Å². The average molecular weight is 414 g/mol. The molecular formula is C24H22N4O3. The van der Waals surface area contributed by atoms with Gasteiger partial charge in [0.05, 0.1) is 11.4 Å². The molecule has 7 heteroatoms. The van der Waals surface area contributed by atoms with Crippen molar-refractivity contribution in [2.75, 3.05) is 0 Å². The van der Waals surface area contributed by atoms with Crippen LogP contribution in [0.3, 0.4) is 0 Å². The van der Waals surface area contributed by atoms with E-state index in [2.05, 4.69) is 24.4 Å². The number of hydrogen-bond donors (Lipinski definition) is 1. The van der Waals surface area contributed by atoms with Crippen LogP contribution in [0.2, 0.25) is 0 Å². The average Bonchev–Trinajstić information content (AvgIpc) is 3.24. The van der Waals surface area contributed by atoms with Gasteiger partial charge in [-0.05, 0) is 31.0 Å². The molecule has 1 aromatic heterocycles. The second kappa shape index (κ2) is 7.19. The maximum absolute atomic E-state index is 12.9. The second-order valence-electron chi connectivity index (χ2n) is 8.08. The Bertz CT molecular complexity index is 1230. The number of imide groups is 1. The number of amides is 3. The van der Waals surface area contributed by atoms with Crippen molar-refractivity contribution in [3.8, 4) is 22.5 Å². The smallest absolute Gasteiger partial charge is 0.255 e. The Morgan fingerprint density at radius 3 is 2.55 bits per heavy atom. The van der Waals surface area contributed by atoms with Gasteiger partial charge in [-0.3, -0.25) is 24.4 Å². The van der Waals surface area contributed by atoms with Gasteiger partial charge in [0, 0.05) is 42.3 Å². The quantitative estimate of drug-likeness (QED) is 0.668.